The maximum atomic E-state index is 9.10. The van der Waals surface area contributed by atoms with E-state index in [9.17, 15) is 0 Å². The normalized spacial score (nSPS) is 12.5. The van der Waals surface area contributed by atoms with Gasteiger partial charge in [0.2, 0.25) is 0 Å². The summed E-state index contributed by atoms with van der Waals surface area (Å²) in [5, 5.41) is 20.8. The van der Waals surface area contributed by atoms with Gasteiger partial charge in [0.05, 0.1) is 6.61 Å². The fourth-order valence-corrected chi connectivity index (χ4v) is 1.19. The van der Waals surface area contributed by atoms with Gasteiger partial charge in [0.15, 0.2) is 0 Å². The fourth-order valence-electron chi connectivity index (χ4n) is 1.19. The molecule has 4 heteroatoms. The Labute approximate surface area is 89.5 Å². The van der Waals surface area contributed by atoms with Crippen molar-refractivity contribution < 1.29 is 14.9 Å². The minimum Gasteiger partial charge on any atom is -0.491 e. The molecule has 0 aliphatic rings. The van der Waals surface area contributed by atoms with Crippen LogP contribution in [-0.2, 0) is 6.54 Å². The summed E-state index contributed by atoms with van der Waals surface area (Å²) in [6.45, 7) is 0.607. The van der Waals surface area contributed by atoms with Crippen molar-refractivity contribution in [1.82, 2.24) is 5.32 Å². The first kappa shape index (κ1) is 12.0. The van der Waals surface area contributed by atoms with Crippen LogP contribution in [0.5, 0.6) is 5.75 Å². The van der Waals surface area contributed by atoms with Crippen molar-refractivity contribution in [2.75, 3.05) is 20.3 Å². The minimum atomic E-state index is -0.821. The lowest BCUT2D eigenvalue weighted by Crippen LogP contribution is -2.21. The summed E-state index contributed by atoms with van der Waals surface area (Å²) in [5.41, 5.74) is 1.12. The molecule has 4 nitrogen and oxygen atoms in total. The van der Waals surface area contributed by atoms with Gasteiger partial charge in [-0.05, 0) is 24.7 Å². The van der Waals surface area contributed by atoms with Crippen molar-refractivity contribution >= 4 is 0 Å². The average Bonchev–Trinajstić information content (AvgIpc) is 2.27. The molecule has 1 aromatic carbocycles. The molecule has 0 radical (unpaired) electrons. The van der Waals surface area contributed by atoms with E-state index in [4.69, 9.17) is 14.9 Å². The van der Waals surface area contributed by atoms with E-state index in [0.29, 0.717) is 5.75 Å². The van der Waals surface area contributed by atoms with Crippen LogP contribution >= 0.6 is 0 Å². The number of aliphatic hydroxyl groups excluding tert-OH is 2. The molecule has 0 aromatic heterocycles. The van der Waals surface area contributed by atoms with Crippen LogP contribution in [0.1, 0.15) is 5.56 Å². The molecule has 0 fully saturated rings. The standard InChI is InChI=1S/C11H17NO3/c1-12-6-9-3-2-4-11(5-9)15-8-10(14)7-13/h2-5,10,12-14H,6-8H2,1H3. The Balaban J connectivity index is 2.50. The summed E-state index contributed by atoms with van der Waals surface area (Å²) in [5.74, 6) is 0.704. The van der Waals surface area contributed by atoms with Crippen molar-refractivity contribution in [2.24, 2.45) is 0 Å². The molecule has 0 aliphatic heterocycles. The molecule has 0 heterocycles. The van der Waals surface area contributed by atoms with Gasteiger partial charge < -0.3 is 20.3 Å². The smallest absolute Gasteiger partial charge is 0.119 e. The van der Waals surface area contributed by atoms with Gasteiger partial charge >= 0.3 is 0 Å². The first-order chi connectivity index (χ1) is 7.26. The maximum Gasteiger partial charge on any atom is 0.119 e. The van der Waals surface area contributed by atoms with Gasteiger partial charge in [-0.1, -0.05) is 12.1 Å². The second-order valence-electron chi connectivity index (χ2n) is 3.33. The van der Waals surface area contributed by atoms with Gasteiger partial charge in [-0.2, -0.15) is 0 Å². The van der Waals surface area contributed by atoms with Crippen LogP contribution in [0.4, 0.5) is 0 Å². The van der Waals surface area contributed by atoms with Gasteiger partial charge in [-0.3, -0.25) is 0 Å². The highest BCUT2D eigenvalue weighted by Crippen LogP contribution is 2.13. The van der Waals surface area contributed by atoms with E-state index in [2.05, 4.69) is 5.32 Å². The van der Waals surface area contributed by atoms with Gasteiger partial charge in [-0.25, -0.2) is 0 Å². The number of hydrogen-bond donors (Lipinski definition) is 3. The average molecular weight is 211 g/mol. The van der Waals surface area contributed by atoms with Gasteiger partial charge in [-0.15, -0.1) is 0 Å². The summed E-state index contributed by atoms with van der Waals surface area (Å²) >= 11 is 0. The summed E-state index contributed by atoms with van der Waals surface area (Å²) < 4.78 is 5.31. The number of nitrogens with one attached hydrogen (secondary N) is 1. The van der Waals surface area contributed by atoms with Crippen molar-refractivity contribution in [3.05, 3.63) is 29.8 Å². The van der Waals surface area contributed by atoms with E-state index < -0.39 is 6.10 Å². The molecule has 1 unspecified atom stereocenters. The molecule has 15 heavy (non-hydrogen) atoms. The Bertz CT molecular complexity index is 291. The zero-order valence-electron chi connectivity index (χ0n) is 8.81. The van der Waals surface area contributed by atoms with Crippen LogP contribution in [0, 0.1) is 0 Å². The SMILES string of the molecule is CNCc1cccc(OCC(O)CO)c1. The third kappa shape index (κ3) is 4.29. The zero-order chi connectivity index (χ0) is 11.1. The molecule has 3 N–H and O–H groups in total. The highest BCUT2D eigenvalue weighted by atomic mass is 16.5. The Morgan fingerprint density at radius 3 is 2.93 bits per heavy atom. The van der Waals surface area contributed by atoms with Crippen LogP contribution in [-0.4, -0.2) is 36.6 Å². The van der Waals surface area contributed by atoms with Gasteiger partial charge in [0.1, 0.15) is 18.5 Å². The van der Waals surface area contributed by atoms with Crippen LogP contribution in [0.2, 0.25) is 0 Å². The van der Waals surface area contributed by atoms with Crippen LogP contribution in [0.3, 0.4) is 0 Å². The fraction of sp³-hybridized carbons (Fsp3) is 0.455. The predicted octanol–water partition coefficient (Wildman–Crippen LogP) is 0.138. The lowest BCUT2D eigenvalue weighted by molar-refractivity contribution is 0.0536. The van der Waals surface area contributed by atoms with E-state index in [-0.39, 0.29) is 13.2 Å². The molecule has 1 aromatic rings. The quantitative estimate of drug-likeness (QED) is 0.626. The Morgan fingerprint density at radius 2 is 2.27 bits per heavy atom. The van der Waals surface area contributed by atoms with Crippen LogP contribution < -0.4 is 10.1 Å². The Morgan fingerprint density at radius 1 is 1.47 bits per heavy atom. The van der Waals surface area contributed by atoms with E-state index >= 15 is 0 Å². The topological polar surface area (TPSA) is 61.7 Å². The van der Waals surface area contributed by atoms with Crippen molar-refractivity contribution in [1.29, 1.82) is 0 Å². The predicted molar refractivity (Wildman–Crippen MR) is 57.8 cm³/mol. The number of benzene rings is 1. The highest BCUT2D eigenvalue weighted by molar-refractivity contribution is 5.28. The van der Waals surface area contributed by atoms with Gasteiger partial charge in [0, 0.05) is 6.54 Å². The lowest BCUT2D eigenvalue weighted by Gasteiger charge is -2.10. The number of ether oxygens (including phenoxy) is 1. The first-order valence-electron chi connectivity index (χ1n) is 4.91. The lowest BCUT2D eigenvalue weighted by atomic mass is 10.2. The molecule has 1 rings (SSSR count). The molecule has 0 aliphatic carbocycles. The molecule has 0 bridgehead atoms. The van der Waals surface area contributed by atoms with E-state index in [1.165, 1.54) is 0 Å². The molecule has 0 saturated carbocycles. The monoisotopic (exact) mass is 211 g/mol. The summed E-state index contributed by atoms with van der Waals surface area (Å²) in [6.07, 6.45) is -0.821. The van der Waals surface area contributed by atoms with E-state index in [1.54, 1.807) is 0 Å². The highest BCUT2D eigenvalue weighted by Gasteiger charge is 2.03. The van der Waals surface area contributed by atoms with Crippen LogP contribution in [0.15, 0.2) is 24.3 Å². The molecular weight excluding hydrogens is 194 g/mol. The molecule has 0 amide bonds. The van der Waals surface area contributed by atoms with E-state index in [1.807, 2.05) is 31.3 Å². The first-order valence-corrected chi connectivity index (χ1v) is 4.91. The Kier molecular flexibility index (Phi) is 5.10. The second-order valence-corrected chi connectivity index (χ2v) is 3.33. The molecule has 84 valence electrons. The van der Waals surface area contributed by atoms with Gasteiger partial charge in [0.25, 0.3) is 0 Å². The molecule has 0 spiro atoms. The van der Waals surface area contributed by atoms with Crippen molar-refractivity contribution in [2.45, 2.75) is 12.6 Å². The summed E-state index contributed by atoms with van der Waals surface area (Å²) in [7, 11) is 1.88. The van der Waals surface area contributed by atoms with Crippen molar-refractivity contribution in [3.8, 4) is 5.75 Å². The molecule has 0 saturated heterocycles. The van der Waals surface area contributed by atoms with Crippen LogP contribution in [0.25, 0.3) is 0 Å². The number of rotatable bonds is 6. The number of hydrogen-bond acceptors (Lipinski definition) is 4. The minimum absolute atomic E-state index is 0.111. The Hall–Kier alpha value is -1.10. The number of aliphatic hydroxyl groups is 2. The molecular formula is C11H17NO3. The third-order valence-electron chi connectivity index (χ3n) is 1.93. The summed E-state index contributed by atoms with van der Waals surface area (Å²) in [6, 6.07) is 7.61. The molecule has 1 atom stereocenters. The largest absolute Gasteiger partial charge is 0.491 e. The zero-order valence-corrected chi connectivity index (χ0v) is 8.81. The maximum absolute atomic E-state index is 9.10. The second kappa shape index (κ2) is 6.40. The summed E-state index contributed by atoms with van der Waals surface area (Å²) in [4.78, 5) is 0. The third-order valence-corrected chi connectivity index (χ3v) is 1.93. The van der Waals surface area contributed by atoms with E-state index in [0.717, 1.165) is 12.1 Å². The van der Waals surface area contributed by atoms with Crippen molar-refractivity contribution in [3.63, 3.8) is 0 Å².